The van der Waals surface area contributed by atoms with E-state index in [-0.39, 0.29) is 17.8 Å². The molecule has 0 aliphatic carbocycles. The van der Waals surface area contributed by atoms with Crippen LogP contribution in [0.1, 0.15) is 18.4 Å². The van der Waals surface area contributed by atoms with Crippen molar-refractivity contribution in [2.24, 2.45) is 0 Å². The van der Waals surface area contributed by atoms with Gasteiger partial charge in [0.05, 0.1) is 11.5 Å². The summed E-state index contributed by atoms with van der Waals surface area (Å²) in [7, 11) is 0. The number of benzene rings is 1. The summed E-state index contributed by atoms with van der Waals surface area (Å²) < 4.78 is 1.06. The number of hydrogen-bond acceptors (Lipinski definition) is 2. The molecule has 86 valence electrons. The Kier molecular flexibility index (Phi) is 4.79. The van der Waals surface area contributed by atoms with E-state index in [0.717, 1.165) is 36.0 Å². The quantitative estimate of drug-likeness (QED) is 0.865. The average molecular weight is 302 g/mol. The van der Waals surface area contributed by atoms with Crippen molar-refractivity contribution in [2.75, 3.05) is 13.1 Å². The predicted octanol–water partition coefficient (Wildman–Crippen LogP) is 3.02. The first-order valence-corrected chi connectivity index (χ1v) is 5.94. The van der Waals surface area contributed by atoms with Gasteiger partial charge >= 0.3 is 0 Å². The molecule has 1 aliphatic heterocycles. The van der Waals surface area contributed by atoms with Crippen LogP contribution in [0.15, 0.2) is 28.7 Å². The summed E-state index contributed by atoms with van der Waals surface area (Å²) in [5.41, 5.74) is 0.876. The number of hydrogen-bond donors (Lipinski definition) is 1. The first kappa shape index (κ1) is 13.5. The molecule has 0 bridgehead atoms. The largest absolute Gasteiger partial charge is 0.317 e. The molecule has 0 radical (unpaired) electrons. The highest BCUT2D eigenvalue weighted by Gasteiger charge is 2.33. The Morgan fingerprint density at radius 2 is 1.75 bits per heavy atom. The Morgan fingerprint density at radius 1 is 1.19 bits per heavy atom. The van der Waals surface area contributed by atoms with Gasteiger partial charge in [-0.15, -0.1) is 12.4 Å². The topological polar surface area (TPSA) is 35.8 Å². The van der Waals surface area contributed by atoms with Crippen molar-refractivity contribution in [1.82, 2.24) is 5.32 Å². The van der Waals surface area contributed by atoms with Gasteiger partial charge in [-0.25, -0.2) is 0 Å². The fourth-order valence-corrected chi connectivity index (χ4v) is 2.35. The van der Waals surface area contributed by atoms with Gasteiger partial charge in [0.2, 0.25) is 0 Å². The molecule has 1 saturated heterocycles. The van der Waals surface area contributed by atoms with Gasteiger partial charge in [-0.1, -0.05) is 28.1 Å². The molecule has 0 saturated carbocycles. The van der Waals surface area contributed by atoms with Crippen LogP contribution in [0.25, 0.3) is 0 Å². The third-order valence-electron chi connectivity index (χ3n) is 3.07. The van der Waals surface area contributed by atoms with Crippen LogP contribution in [0, 0.1) is 11.3 Å². The lowest BCUT2D eigenvalue weighted by Gasteiger charge is -2.31. The molecule has 0 spiro atoms. The van der Waals surface area contributed by atoms with E-state index in [1.54, 1.807) is 0 Å². The Labute approximate surface area is 111 Å². The summed E-state index contributed by atoms with van der Waals surface area (Å²) in [4.78, 5) is 0. The predicted molar refractivity (Wildman–Crippen MR) is 70.8 cm³/mol. The molecule has 16 heavy (non-hydrogen) atoms. The van der Waals surface area contributed by atoms with Gasteiger partial charge in [0, 0.05) is 4.47 Å². The highest BCUT2D eigenvalue weighted by atomic mass is 79.9. The third kappa shape index (κ3) is 2.57. The Morgan fingerprint density at radius 3 is 2.25 bits per heavy atom. The van der Waals surface area contributed by atoms with Crippen LogP contribution in [-0.2, 0) is 5.41 Å². The molecule has 1 fully saturated rings. The van der Waals surface area contributed by atoms with Crippen LogP contribution in [0.4, 0.5) is 0 Å². The lowest BCUT2D eigenvalue weighted by atomic mass is 9.74. The lowest BCUT2D eigenvalue weighted by Crippen LogP contribution is -2.38. The van der Waals surface area contributed by atoms with E-state index in [0.29, 0.717) is 0 Å². The maximum atomic E-state index is 9.37. The van der Waals surface area contributed by atoms with Crippen molar-refractivity contribution in [1.29, 1.82) is 5.26 Å². The number of nitrogens with one attached hydrogen (secondary N) is 1. The molecule has 1 heterocycles. The Balaban J connectivity index is 0.00000128. The summed E-state index contributed by atoms with van der Waals surface area (Å²) in [6.07, 6.45) is 1.82. The monoisotopic (exact) mass is 300 g/mol. The van der Waals surface area contributed by atoms with Crippen LogP contribution < -0.4 is 5.32 Å². The van der Waals surface area contributed by atoms with E-state index in [2.05, 4.69) is 39.4 Å². The summed E-state index contributed by atoms with van der Waals surface area (Å²) in [6, 6.07) is 10.6. The van der Waals surface area contributed by atoms with E-state index >= 15 is 0 Å². The maximum Gasteiger partial charge on any atom is 0.0846 e. The lowest BCUT2D eigenvalue weighted by molar-refractivity contribution is 0.382. The number of halogens is 2. The van der Waals surface area contributed by atoms with Crippen molar-refractivity contribution >= 4 is 28.3 Å². The van der Waals surface area contributed by atoms with Gasteiger partial charge in [-0.2, -0.15) is 5.26 Å². The molecule has 1 N–H and O–H groups in total. The van der Waals surface area contributed by atoms with Gasteiger partial charge < -0.3 is 5.32 Å². The molecule has 1 aromatic carbocycles. The minimum Gasteiger partial charge on any atom is -0.317 e. The molecular formula is C12H14BrClN2. The molecule has 0 amide bonds. The van der Waals surface area contributed by atoms with Crippen LogP contribution in [0.2, 0.25) is 0 Å². The molecule has 1 aromatic rings. The van der Waals surface area contributed by atoms with Crippen molar-refractivity contribution in [3.05, 3.63) is 34.3 Å². The Hall–Kier alpha value is -0.560. The molecule has 0 aromatic heterocycles. The van der Waals surface area contributed by atoms with E-state index in [9.17, 15) is 5.26 Å². The number of piperidine rings is 1. The summed E-state index contributed by atoms with van der Waals surface area (Å²) in [5.74, 6) is 0. The highest BCUT2D eigenvalue weighted by Crippen LogP contribution is 2.33. The van der Waals surface area contributed by atoms with Crippen molar-refractivity contribution < 1.29 is 0 Å². The number of nitriles is 1. The minimum atomic E-state index is -0.272. The fourth-order valence-electron chi connectivity index (χ4n) is 2.09. The molecule has 2 rings (SSSR count). The van der Waals surface area contributed by atoms with Gasteiger partial charge in [0.25, 0.3) is 0 Å². The summed E-state index contributed by atoms with van der Waals surface area (Å²) in [6.45, 7) is 1.87. The molecule has 2 nitrogen and oxygen atoms in total. The highest BCUT2D eigenvalue weighted by molar-refractivity contribution is 9.10. The first-order chi connectivity index (χ1) is 7.27. The second-order valence-electron chi connectivity index (χ2n) is 3.95. The smallest absolute Gasteiger partial charge is 0.0846 e. The zero-order valence-corrected chi connectivity index (χ0v) is 11.3. The summed E-state index contributed by atoms with van der Waals surface area (Å²) in [5, 5.41) is 12.7. The SMILES string of the molecule is Cl.N#CC1(c2ccc(Br)cc2)CCNCC1. The van der Waals surface area contributed by atoms with Crippen molar-refractivity contribution in [2.45, 2.75) is 18.3 Å². The van der Waals surface area contributed by atoms with Crippen LogP contribution in [0.5, 0.6) is 0 Å². The van der Waals surface area contributed by atoms with Crippen LogP contribution in [-0.4, -0.2) is 13.1 Å². The maximum absolute atomic E-state index is 9.37. The van der Waals surface area contributed by atoms with Gasteiger partial charge in [0.15, 0.2) is 0 Å². The average Bonchev–Trinajstić information content (AvgIpc) is 2.31. The van der Waals surface area contributed by atoms with Gasteiger partial charge in [-0.05, 0) is 43.6 Å². The van der Waals surface area contributed by atoms with E-state index in [1.165, 1.54) is 0 Å². The summed E-state index contributed by atoms with van der Waals surface area (Å²) >= 11 is 3.41. The van der Waals surface area contributed by atoms with E-state index in [4.69, 9.17) is 0 Å². The van der Waals surface area contributed by atoms with Gasteiger partial charge in [0.1, 0.15) is 0 Å². The van der Waals surface area contributed by atoms with E-state index < -0.39 is 0 Å². The van der Waals surface area contributed by atoms with Gasteiger partial charge in [-0.3, -0.25) is 0 Å². The zero-order chi connectivity index (χ0) is 10.7. The van der Waals surface area contributed by atoms with Crippen molar-refractivity contribution in [3.8, 4) is 6.07 Å². The fraction of sp³-hybridized carbons (Fsp3) is 0.417. The first-order valence-electron chi connectivity index (χ1n) is 5.15. The molecule has 0 atom stereocenters. The number of nitrogens with zero attached hydrogens (tertiary/aromatic N) is 1. The standard InChI is InChI=1S/C12H13BrN2.ClH/c13-11-3-1-10(2-4-11)12(9-14)5-7-15-8-6-12;/h1-4,15H,5-8H2;1H. The molecule has 0 unspecified atom stereocenters. The second kappa shape index (κ2) is 5.67. The third-order valence-corrected chi connectivity index (χ3v) is 3.60. The number of rotatable bonds is 1. The second-order valence-corrected chi connectivity index (χ2v) is 4.87. The zero-order valence-electron chi connectivity index (χ0n) is 8.87. The normalized spacial score (nSPS) is 18.2. The van der Waals surface area contributed by atoms with E-state index in [1.807, 2.05) is 12.1 Å². The van der Waals surface area contributed by atoms with Crippen molar-refractivity contribution in [3.63, 3.8) is 0 Å². The molecule has 4 heteroatoms. The van der Waals surface area contributed by atoms with Crippen LogP contribution >= 0.6 is 28.3 Å². The Bertz CT molecular complexity index is 377. The molecular weight excluding hydrogens is 288 g/mol. The minimum absolute atomic E-state index is 0. The van der Waals surface area contributed by atoms with Crippen LogP contribution in [0.3, 0.4) is 0 Å². The molecule has 1 aliphatic rings.